The molecular formula is C25H21Cl2IN2O4S. The highest BCUT2D eigenvalue weighted by molar-refractivity contribution is 14.1. The summed E-state index contributed by atoms with van der Waals surface area (Å²) in [4.78, 5) is 26.9. The van der Waals surface area contributed by atoms with Gasteiger partial charge in [-0.05, 0) is 89.2 Å². The molecule has 1 saturated heterocycles. The van der Waals surface area contributed by atoms with Crippen LogP contribution in [0.3, 0.4) is 0 Å². The minimum atomic E-state index is -0.322. The number of benzene rings is 3. The van der Waals surface area contributed by atoms with Gasteiger partial charge < -0.3 is 14.8 Å². The van der Waals surface area contributed by atoms with Crippen molar-refractivity contribution >= 4 is 80.7 Å². The Kier molecular flexibility index (Phi) is 8.36. The minimum absolute atomic E-state index is 0.0181. The first-order chi connectivity index (χ1) is 16.8. The number of rotatable bonds is 7. The largest absolute Gasteiger partial charge is 0.493 e. The van der Waals surface area contributed by atoms with Gasteiger partial charge in [0, 0.05) is 21.4 Å². The van der Waals surface area contributed by atoms with Gasteiger partial charge in [0.1, 0.15) is 5.37 Å². The van der Waals surface area contributed by atoms with E-state index >= 15 is 0 Å². The van der Waals surface area contributed by atoms with Crippen LogP contribution in [-0.4, -0.2) is 31.3 Å². The number of carbonyl (C=O) groups excluding carboxylic acids is 2. The van der Waals surface area contributed by atoms with Crippen molar-refractivity contribution in [3.63, 3.8) is 0 Å². The number of nitrogens with zero attached hydrogens (tertiary/aromatic N) is 1. The van der Waals surface area contributed by atoms with Crippen LogP contribution in [0.25, 0.3) is 0 Å². The average Bonchev–Trinajstić information content (AvgIpc) is 3.22. The number of hydrogen-bond donors (Lipinski definition) is 1. The summed E-state index contributed by atoms with van der Waals surface area (Å²) in [5.74, 6) is 1.01. The maximum Gasteiger partial charge on any atom is 0.262 e. The van der Waals surface area contributed by atoms with Gasteiger partial charge in [-0.25, -0.2) is 0 Å². The number of thioether (sulfide) groups is 1. The molecule has 0 aromatic heterocycles. The Hall–Kier alpha value is -2.14. The Labute approximate surface area is 231 Å². The highest BCUT2D eigenvalue weighted by Crippen LogP contribution is 2.45. The summed E-state index contributed by atoms with van der Waals surface area (Å²) in [7, 11) is 1.54. The van der Waals surface area contributed by atoms with Crippen LogP contribution in [0.2, 0.25) is 10.0 Å². The zero-order chi connectivity index (χ0) is 25.1. The van der Waals surface area contributed by atoms with E-state index in [0.717, 1.165) is 20.4 Å². The first kappa shape index (κ1) is 25.9. The number of hydrogen-bond acceptors (Lipinski definition) is 5. The van der Waals surface area contributed by atoms with Gasteiger partial charge in [-0.2, -0.15) is 0 Å². The van der Waals surface area contributed by atoms with E-state index in [0.29, 0.717) is 33.0 Å². The van der Waals surface area contributed by atoms with Crippen LogP contribution in [0.1, 0.15) is 16.5 Å². The molecule has 1 fully saturated rings. The fourth-order valence-corrected chi connectivity index (χ4v) is 5.82. The van der Waals surface area contributed by atoms with Crippen molar-refractivity contribution in [1.29, 1.82) is 0 Å². The predicted molar refractivity (Wildman–Crippen MR) is 150 cm³/mol. The second kappa shape index (κ2) is 11.3. The molecule has 1 aliphatic heterocycles. The summed E-state index contributed by atoms with van der Waals surface area (Å²) >= 11 is 15.8. The summed E-state index contributed by atoms with van der Waals surface area (Å²) in [6.45, 7) is 1.69. The lowest BCUT2D eigenvalue weighted by atomic mass is 10.1. The first-order valence-electron chi connectivity index (χ1n) is 10.5. The molecule has 0 saturated carbocycles. The average molecular weight is 643 g/mol. The second-order valence-electron chi connectivity index (χ2n) is 7.74. The second-order valence-corrected chi connectivity index (χ2v) is 10.8. The zero-order valence-corrected chi connectivity index (χ0v) is 23.3. The Balaban J connectivity index is 1.51. The number of ether oxygens (including phenoxy) is 2. The topological polar surface area (TPSA) is 67.9 Å². The number of nitrogens with one attached hydrogen (secondary N) is 1. The molecule has 35 heavy (non-hydrogen) atoms. The molecule has 0 spiro atoms. The van der Waals surface area contributed by atoms with E-state index in [2.05, 4.69) is 27.9 Å². The molecule has 0 aliphatic carbocycles. The van der Waals surface area contributed by atoms with E-state index in [9.17, 15) is 9.59 Å². The van der Waals surface area contributed by atoms with Crippen molar-refractivity contribution in [2.45, 2.75) is 12.3 Å². The third-order valence-corrected chi connectivity index (χ3v) is 7.99. The van der Waals surface area contributed by atoms with E-state index in [-0.39, 0.29) is 23.8 Å². The van der Waals surface area contributed by atoms with Crippen LogP contribution < -0.4 is 19.7 Å². The number of methoxy groups -OCH3 is 1. The molecule has 1 N–H and O–H groups in total. The van der Waals surface area contributed by atoms with Gasteiger partial charge in [-0.3, -0.25) is 14.5 Å². The predicted octanol–water partition coefficient (Wildman–Crippen LogP) is 6.71. The Morgan fingerprint density at radius 3 is 2.60 bits per heavy atom. The molecule has 2 amide bonds. The minimum Gasteiger partial charge on any atom is -0.493 e. The molecule has 10 heteroatoms. The van der Waals surface area contributed by atoms with Gasteiger partial charge in [0.05, 0.1) is 16.4 Å². The fourth-order valence-electron chi connectivity index (χ4n) is 3.58. The molecule has 4 rings (SSSR count). The maximum atomic E-state index is 12.7. The first-order valence-corrected chi connectivity index (χ1v) is 13.4. The number of carbonyl (C=O) groups is 2. The van der Waals surface area contributed by atoms with Crippen LogP contribution in [0.4, 0.5) is 11.4 Å². The summed E-state index contributed by atoms with van der Waals surface area (Å²) < 4.78 is 12.2. The van der Waals surface area contributed by atoms with Gasteiger partial charge in [-0.1, -0.05) is 29.3 Å². The van der Waals surface area contributed by atoms with E-state index in [1.165, 1.54) is 11.8 Å². The Bertz CT molecular complexity index is 1270. The Morgan fingerprint density at radius 2 is 1.91 bits per heavy atom. The lowest BCUT2D eigenvalue weighted by Gasteiger charge is -2.25. The monoisotopic (exact) mass is 642 g/mol. The van der Waals surface area contributed by atoms with E-state index in [4.69, 9.17) is 32.7 Å². The van der Waals surface area contributed by atoms with Crippen molar-refractivity contribution in [2.24, 2.45) is 0 Å². The van der Waals surface area contributed by atoms with Crippen molar-refractivity contribution in [3.8, 4) is 11.5 Å². The third-order valence-electron chi connectivity index (χ3n) is 5.31. The molecule has 0 bridgehead atoms. The summed E-state index contributed by atoms with van der Waals surface area (Å²) in [6, 6.07) is 16.3. The van der Waals surface area contributed by atoms with Crippen molar-refractivity contribution < 1.29 is 19.1 Å². The molecule has 182 valence electrons. The molecule has 1 heterocycles. The lowest BCUT2D eigenvalue weighted by Crippen LogP contribution is -2.27. The fraction of sp³-hybridized carbons (Fsp3) is 0.200. The van der Waals surface area contributed by atoms with Gasteiger partial charge in [0.2, 0.25) is 5.91 Å². The number of aryl methyl sites for hydroxylation is 1. The van der Waals surface area contributed by atoms with Crippen molar-refractivity contribution in [3.05, 3.63) is 79.3 Å². The summed E-state index contributed by atoms with van der Waals surface area (Å²) in [6.07, 6.45) is 0. The highest BCUT2D eigenvalue weighted by Gasteiger charge is 2.35. The van der Waals surface area contributed by atoms with Crippen molar-refractivity contribution in [2.75, 3.05) is 29.7 Å². The third kappa shape index (κ3) is 5.99. The van der Waals surface area contributed by atoms with Crippen LogP contribution >= 0.6 is 57.6 Å². The van der Waals surface area contributed by atoms with Gasteiger partial charge >= 0.3 is 0 Å². The van der Waals surface area contributed by atoms with E-state index in [1.807, 2.05) is 37.3 Å². The summed E-state index contributed by atoms with van der Waals surface area (Å²) in [5.41, 5.74) is 3.19. The molecule has 1 aliphatic rings. The molecule has 0 radical (unpaired) electrons. The quantitative estimate of drug-likeness (QED) is 0.290. The standard InChI is InChI=1S/C25H21Cl2IN2O4S/c1-14-3-6-17(11-19(14)27)29-22(31)12-34-24-20(28)9-15(10-21(24)33-2)25-30(23(32)13-35-25)18-7-4-16(26)5-8-18/h3-11,25H,12-13H2,1-2H3,(H,29,31)/t25-/m0/s1. The maximum absolute atomic E-state index is 12.7. The smallest absolute Gasteiger partial charge is 0.262 e. The number of anilines is 2. The van der Waals surface area contributed by atoms with Crippen molar-refractivity contribution in [1.82, 2.24) is 0 Å². The highest BCUT2D eigenvalue weighted by atomic mass is 127. The van der Waals surface area contributed by atoms with Gasteiger partial charge in [0.25, 0.3) is 5.91 Å². The summed E-state index contributed by atoms with van der Waals surface area (Å²) in [5, 5.41) is 3.73. The number of amides is 2. The van der Waals surface area contributed by atoms with Crippen LogP contribution in [-0.2, 0) is 9.59 Å². The molecule has 0 unspecified atom stereocenters. The van der Waals surface area contributed by atoms with Crippen LogP contribution in [0.15, 0.2) is 54.6 Å². The van der Waals surface area contributed by atoms with Gasteiger partial charge in [-0.15, -0.1) is 11.8 Å². The molecule has 1 atom stereocenters. The molecular weight excluding hydrogens is 622 g/mol. The normalized spacial score (nSPS) is 15.3. The van der Waals surface area contributed by atoms with Crippen LogP contribution in [0.5, 0.6) is 11.5 Å². The SMILES string of the molecule is COc1cc([C@@H]2SCC(=O)N2c2ccc(Cl)cc2)cc(I)c1OCC(=O)Nc1ccc(C)c(Cl)c1. The molecule has 3 aromatic carbocycles. The Morgan fingerprint density at radius 1 is 1.17 bits per heavy atom. The lowest BCUT2D eigenvalue weighted by molar-refractivity contribution is -0.118. The number of halogens is 3. The molecule has 3 aromatic rings. The van der Waals surface area contributed by atoms with Crippen LogP contribution in [0, 0.1) is 10.5 Å². The van der Waals surface area contributed by atoms with Gasteiger partial charge in [0.15, 0.2) is 18.1 Å². The van der Waals surface area contributed by atoms with E-state index in [1.54, 1.807) is 36.3 Å². The zero-order valence-electron chi connectivity index (χ0n) is 18.8. The van der Waals surface area contributed by atoms with E-state index < -0.39 is 0 Å². The molecule has 6 nitrogen and oxygen atoms in total.